The van der Waals surface area contributed by atoms with Gasteiger partial charge in [0.1, 0.15) is 42.8 Å². The molecule has 1 fully saturated rings. The molecule has 29 heavy (non-hydrogen) atoms. The first kappa shape index (κ1) is 22.6. The molecule has 4 N–H and O–H groups in total. The van der Waals surface area contributed by atoms with Crippen LogP contribution in [0, 0.1) is 4.64 Å². The number of carboxylic acid groups (broad SMARTS) is 3. The number of ether oxygens (including phenoxy) is 4. The van der Waals surface area contributed by atoms with Crippen LogP contribution in [0.15, 0.2) is 17.1 Å². The largest absolute Gasteiger partial charge is 0.480 e. The average molecular weight is 434 g/mol. The molecule has 0 unspecified atom stereocenters. The molecule has 1 aromatic heterocycles. The van der Waals surface area contributed by atoms with Crippen molar-refractivity contribution in [3.63, 3.8) is 0 Å². The van der Waals surface area contributed by atoms with Crippen molar-refractivity contribution in [2.24, 2.45) is 0 Å². The Bertz CT molecular complexity index is 866. The summed E-state index contributed by atoms with van der Waals surface area (Å²) >= 11 is 4.86. The van der Waals surface area contributed by atoms with Crippen molar-refractivity contribution in [3.05, 3.63) is 27.4 Å². The molecule has 0 amide bonds. The van der Waals surface area contributed by atoms with Gasteiger partial charge in [-0.1, -0.05) is 12.2 Å². The number of aromatic nitrogens is 2. The molecule has 2 heterocycles. The molecule has 1 aromatic rings. The highest BCUT2D eigenvalue weighted by Gasteiger charge is 2.48. The van der Waals surface area contributed by atoms with Crippen LogP contribution in [0.2, 0.25) is 0 Å². The smallest absolute Gasteiger partial charge is 0.329 e. The lowest BCUT2D eigenvalue weighted by atomic mass is 10.1. The molecular formula is C15H18N2O11S. The molecule has 1 aliphatic rings. The van der Waals surface area contributed by atoms with Crippen molar-refractivity contribution < 1.29 is 48.7 Å². The molecule has 14 heteroatoms. The third kappa shape index (κ3) is 6.43. The van der Waals surface area contributed by atoms with Gasteiger partial charge in [-0.25, -0.2) is 19.2 Å². The van der Waals surface area contributed by atoms with E-state index < -0.39 is 68.0 Å². The van der Waals surface area contributed by atoms with Gasteiger partial charge in [-0.15, -0.1) is 0 Å². The summed E-state index contributed by atoms with van der Waals surface area (Å²) in [6, 6.07) is 1.38. The molecule has 1 saturated heterocycles. The van der Waals surface area contributed by atoms with Crippen molar-refractivity contribution >= 4 is 30.1 Å². The highest BCUT2D eigenvalue weighted by atomic mass is 32.1. The number of aliphatic carboxylic acids is 3. The van der Waals surface area contributed by atoms with Gasteiger partial charge in [0.15, 0.2) is 6.23 Å². The summed E-state index contributed by atoms with van der Waals surface area (Å²) in [5.74, 6) is -3.86. The van der Waals surface area contributed by atoms with Crippen LogP contribution in [-0.4, -0.2) is 87.5 Å². The Morgan fingerprint density at radius 2 is 1.66 bits per heavy atom. The lowest BCUT2D eigenvalue weighted by Crippen LogP contribution is -2.41. The first-order chi connectivity index (χ1) is 13.7. The summed E-state index contributed by atoms with van der Waals surface area (Å²) in [5.41, 5.74) is -0.685. The Labute approximate surface area is 167 Å². The van der Waals surface area contributed by atoms with E-state index in [2.05, 4.69) is 4.98 Å². The molecule has 160 valence electrons. The lowest BCUT2D eigenvalue weighted by molar-refractivity contribution is -0.156. The van der Waals surface area contributed by atoms with Crippen molar-refractivity contribution in [2.75, 3.05) is 26.4 Å². The number of hydrogen-bond acceptors (Lipinski definition) is 9. The average Bonchev–Trinajstić information content (AvgIpc) is 2.95. The maximum absolute atomic E-state index is 12.2. The van der Waals surface area contributed by atoms with Crippen LogP contribution in [0.25, 0.3) is 0 Å². The van der Waals surface area contributed by atoms with E-state index >= 15 is 0 Å². The zero-order valence-corrected chi connectivity index (χ0v) is 15.6. The molecule has 1 aliphatic heterocycles. The minimum absolute atomic E-state index is 0.146. The number of carbonyl (C=O) groups is 3. The van der Waals surface area contributed by atoms with Crippen LogP contribution >= 0.6 is 12.2 Å². The third-order valence-corrected chi connectivity index (χ3v) is 3.96. The minimum Gasteiger partial charge on any atom is -0.480 e. The van der Waals surface area contributed by atoms with E-state index in [1.165, 1.54) is 12.3 Å². The van der Waals surface area contributed by atoms with Gasteiger partial charge in [0.2, 0.25) is 0 Å². The summed E-state index contributed by atoms with van der Waals surface area (Å²) in [6.07, 6.45) is -3.36. The van der Waals surface area contributed by atoms with Crippen LogP contribution in [0.4, 0.5) is 0 Å². The molecule has 0 spiro atoms. The SMILES string of the molecule is O=C(O)COC[C@@H]1O[C@H](n2ccc(=S)[nH]c2=O)[C@@H](OCC(=O)O)[C@@H]1OCC(=O)O. The van der Waals surface area contributed by atoms with Crippen molar-refractivity contribution in [3.8, 4) is 0 Å². The van der Waals surface area contributed by atoms with E-state index in [9.17, 15) is 19.2 Å². The Balaban J connectivity index is 2.33. The summed E-state index contributed by atoms with van der Waals surface area (Å²) in [5, 5.41) is 26.5. The second-order valence-electron chi connectivity index (χ2n) is 5.83. The molecule has 0 aromatic carbocycles. The number of aromatic amines is 1. The van der Waals surface area contributed by atoms with Crippen LogP contribution in [0.5, 0.6) is 0 Å². The Kier molecular flexibility index (Phi) is 7.98. The molecule has 2 rings (SSSR count). The first-order valence-corrected chi connectivity index (χ1v) is 8.53. The maximum atomic E-state index is 12.2. The third-order valence-electron chi connectivity index (χ3n) is 3.72. The Morgan fingerprint density at radius 3 is 2.21 bits per heavy atom. The van der Waals surface area contributed by atoms with Gasteiger partial charge >= 0.3 is 23.6 Å². The number of rotatable bonds is 11. The predicted molar refractivity (Wildman–Crippen MR) is 93.0 cm³/mol. The predicted octanol–water partition coefficient (Wildman–Crippen LogP) is -1.16. The van der Waals surface area contributed by atoms with Gasteiger partial charge in [-0.05, 0) is 6.07 Å². The monoisotopic (exact) mass is 434 g/mol. The Hall–Kier alpha value is -2.65. The summed E-state index contributed by atoms with van der Waals surface area (Å²) < 4.78 is 22.5. The van der Waals surface area contributed by atoms with Gasteiger partial charge in [0, 0.05) is 6.20 Å². The van der Waals surface area contributed by atoms with Crippen LogP contribution in [0.3, 0.4) is 0 Å². The molecular weight excluding hydrogens is 416 g/mol. The van der Waals surface area contributed by atoms with Crippen molar-refractivity contribution in [1.82, 2.24) is 9.55 Å². The minimum atomic E-state index is -1.31. The summed E-state index contributed by atoms with van der Waals surface area (Å²) in [7, 11) is 0. The van der Waals surface area contributed by atoms with Crippen LogP contribution in [0.1, 0.15) is 6.23 Å². The topological polar surface area (TPSA) is 187 Å². The standard InChI is InChI=1S/C15H18N2O11S/c18-9(19)4-25-3-7-12(26-5-10(20)21)13(27-6-11(22)23)14(28-7)17-2-1-8(29)16-15(17)24/h1-2,7,12-14H,3-6H2,(H,18,19)(H,20,21)(H,22,23)(H,16,24,29)/t7-,12+,13-,14-/m0/s1. The van der Waals surface area contributed by atoms with Crippen molar-refractivity contribution in [1.29, 1.82) is 0 Å². The van der Waals surface area contributed by atoms with Crippen LogP contribution < -0.4 is 5.69 Å². The Morgan fingerprint density at radius 1 is 1.07 bits per heavy atom. The second kappa shape index (κ2) is 10.2. The number of H-pyrrole nitrogens is 1. The van der Waals surface area contributed by atoms with E-state index in [0.717, 1.165) is 4.57 Å². The van der Waals surface area contributed by atoms with E-state index in [-0.39, 0.29) is 11.2 Å². The number of carboxylic acids is 3. The van der Waals surface area contributed by atoms with Gasteiger partial charge in [-0.3, -0.25) is 9.55 Å². The van der Waals surface area contributed by atoms with Crippen molar-refractivity contribution in [2.45, 2.75) is 24.5 Å². The fourth-order valence-electron chi connectivity index (χ4n) is 2.67. The number of hydrogen-bond donors (Lipinski definition) is 4. The second-order valence-corrected chi connectivity index (χ2v) is 6.27. The normalized spacial score (nSPS) is 23.7. The van der Waals surface area contributed by atoms with E-state index in [1.807, 2.05) is 0 Å². The highest BCUT2D eigenvalue weighted by molar-refractivity contribution is 7.71. The molecule has 0 aliphatic carbocycles. The zero-order chi connectivity index (χ0) is 21.6. The molecule has 0 bridgehead atoms. The van der Waals surface area contributed by atoms with Gasteiger partial charge in [-0.2, -0.15) is 0 Å². The molecule has 13 nitrogen and oxygen atoms in total. The van der Waals surface area contributed by atoms with E-state index in [4.69, 9.17) is 46.5 Å². The first-order valence-electron chi connectivity index (χ1n) is 8.12. The quantitative estimate of drug-likeness (QED) is 0.307. The van der Waals surface area contributed by atoms with Crippen LogP contribution in [-0.2, 0) is 33.3 Å². The summed E-state index contributed by atoms with van der Waals surface area (Å²) in [4.78, 5) is 47.1. The number of nitrogens with one attached hydrogen (secondary N) is 1. The van der Waals surface area contributed by atoms with Gasteiger partial charge in [0.05, 0.1) is 6.61 Å². The lowest BCUT2D eigenvalue weighted by Gasteiger charge is -2.24. The molecule has 0 saturated carbocycles. The highest BCUT2D eigenvalue weighted by Crippen LogP contribution is 2.33. The van der Waals surface area contributed by atoms with E-state index in [0.29, 0.717) is 0 Å². The molecule has 4 atom stereocenters. The van der Waals surface area contributed by atoms with Gasteiger partial charge < -0.3 is 34.3 Å². The zero-order valence-electron chi connectivity index (χ0n) is 14.8. The number of nitrogens with zero attached hydrogens (tertiary/aromatic N) is 1. The molecule has 0 radical (unpaired) electrons. The van der Waals surface area contributed by atoms with E-state index in [1.54, 1.807) is 0 Å². The fourth-order valence-corrected chi connectivity index (χ4v) is 2.82. The summed E-state index contributed by atoms with van der Waals surface area (Å²) in [6.45, 7) is -2.54. The maximum Gasteiger partial charge on any atom is 0.329 e. The van der Waals surface area contributed by atoms with Gasteiger partial charge in [0.25, 0.3) is 0 Å². The fraction of sp³-hybridized carbons (Fsp3) is 0.533.